The summed E-state index contributed by atoms with van der Waals surface area (Å²) in [5, 5.41) is 2.91. The zero-order chi connectivity index (χ0) is 18.4. The van der Waals surface area contributed by atoms with Gasteiger partial charge in [0.15, 0.2) is 11.5 Å². The summed E-state index contributed by atoms with van der Waals surface area (Å²) in [5.74, 6) is 1.22. The second kappa shape index (κ2) is 9.05. The average molecular weight is 420 g/mol. The van der Waals surface area contributed by atoms with E-state index < -0.39 is 0 Å². The van der Waals surface area contributed by atoms with E-state index in [1.54, 1.807) is 19.2 Å². The highest BCUT2D eigenvalue weighted by Gasteiger charge is 2.17. The van der Waals surface area contributed by atoms with Gasteiger partial charge in [-0.3, -0.25) is 4.79 Å². The normalized spacial score (nSPS) is 16.3. The highest BCUT2D eigenvalue weighted by molar-refractivity contribution is 9.10. The first-order valence-corrected chi connectivity index (χ1v) is 9.40. The van der Waals surface area contributed by atoms with Crippen molar-refractivity contribution in [3.63, 3.8) is 0 Å². The topological polar surface area (TPSA) is 56.8 Å². The zero-order valence-corrected chi connectivity index (χ0v) is 16.3. The number of hydrogen-bond acceptors (Lipinski definition) is 4. The van der Waals surface area contributed by atoms with Gasteiger partial charge < -0.3 is 19.5 Å². The summed E-state index contributed by atoms with van der Waals surface area (Å²) in [6.45, 7) is 1.75. The molecule has 26 heavy (non-hydrogen) atoms. The molecule has 5 nitrogen and oxygen atoms in total. The van der Waals surface area contributed by atoms with Crippen LogP contribution < -0.4 is 14.8 Å². The largest absolute Gasteiger partial charge is 0.493 e. The molecule has 6 heteroatoms. The fraction of sp³-hybridized carbons (Fsp3) is 0.350. The third kappa shape index (κ3) is 4.99. The number of rotatable bonds is 7. The third-order valence-electron chi connectivity index (χ3n) is 4.24. The van der Waals surface area contributed by atoms with E-state index in [1.807, 2.05) is 30.3 Å². The fourth-order valence-corrected chi connectivity index (χ4v) is 3.05. The Morgan fingerprint density at radius 1 is 1.23 bits per heavy atom. The Balaban J connectivity index is 1.57. The highest BCUT2D eigenvalue weighted by Crippen LogP contribution is 2.29. The van der Waals surface area contributed by atoms with Gasteiger partial charge in [0.1, 0.15) is 6.61 Å². The van der Waals surface area contributed by atoms with E-state index in [1.165, 1.54) is 0 Å². The van der Waals surface area contributed by atoms with E-state index in [4.69, 9.17) is 14.2 Å². The van der Waals surface area contributed by atoms with Crippen LogP contribution in [0.4, 0.5) is 0 Å². The first-order valence-electron chi connectivity index (χ1n) is 8.61. The smallest absolute Gasteiger partial charge is 0.251 e. The van der Waals surface area contributed by atoms with Gasteiger partial charge in [0, 0.05) is 23.2 Å². The molecule has 0 aliphatic carbocycles. The van der Waals surface area contributed by atoms with Crippen molar-refractivity contribution in [2.45, 2.75) is 25.5 Å². The van der Waals surface area contributed by atoms with E-state index in [2.05, 4.69) is 21.2 Å². The van der Waals surface area contributed by atoms with Crippen LogP contribution in [0.3, 0.4) is 0 Å². The molecule has 3 rings (SSSR count). The minimum absolute atomic E-state index is 0.116. The van der Waals surface area contributed by atoms with Gasteiger partial charge in [-0.15, -0.1) is 0 Å². The Kier molecular flexibility index (Phi) is 6.52. The lowest BCUT2D eigenvalue weighted by Crippen LogP contribution is -2.22. The molecule has 1 aliphatic heterocycles. The van der Waals surface area contributed by atoms with Crippen molar-refractivity contribution in [1.82, 2.24) is 5.32 Å². The first kappa shape index (κ1) is 18.7. The molecule has 1 atom stereocenters. The molecule has 1 saturated heterocycles. The SMILES string of the molecule is COc1cc(CNC(=O)c2ccc(Br)cc2)ccc1OC[C@@H]1CCCO1. The molecule has 2 aromatic carbocycles. The van der Waals surface area contributed by atoms with E-state index in [9.17, 15) is 4.79 Å². The van der Waals surface area contributed by atoms with Gasteiger partial charge in [-0.2, -0.15) is 0 Å². The number of ether oxygens (including phenoxy) is 3. The molecular weight excluding hydrogens is 398 g/mol. The average Bonchev–Trinajstić information content (AvgIpc) is 3.19. The minimum atomic E-state index is -0.116. The van der Waals surface area contributed by atoms with Crippen molar-refractivity contribution in [1.29, 1.82) is 0 Å². The second-order valence-electron chi connectivity index (χ2n) is 6.12. The number of carbonyl (C=O) groups is 1. The van der Waals surface area contributed by atoms with Crippen LogP contribution in [-0.4, -0.2) is 32.3 Å². The molecule has 1 fully saturated rings. The van der Waals surface area contributed by atoms with Crippen LogP contribution in [0.1, 0.15) is 28.8 Å². The number of nitrogens with one attached hydrogen (secondary N) is 1. The molecule has 1 amide bonds. The summed E-state index contributed by atoms with van der Waals surface area (Å²) in [7, 11) is 1.61. The fourth-order valence-electron chi connectivity index (χ4n) is 2.79. The van der Waals surface area contributed by atoms with Crippen LogP contribution in [-0.2, 0) is 11.3 Å². The Morgan fingerprint density at radius 3 is 2.73 bits per heavy atom. The van der Waals surface area contributed by atoms with Gasteiger partial charge in [-0.05, 0) is 54.8 Å². The van der Waals surface area contributed by atoms with Crippen LogP contribution in [0.25, 0.3) is 0 Å². The Morgan fingerprint density at radius 2 is 2.04 bits per heavy atom. The Bertz CT molecular complexity index is 742. The molecule has 2 aromatic rings. The molecule has 0 radical (unpaired) electrons. The van der Waals surface area contributed by atoms with E-state index >= 15 is 0 Å². The van der Waals surface area contributed by atoms with Crippen LogP contribution in [0.5, 0.6) is 11.5 Å². The first-order chi connectivity index (χ1) is 12.7. The van der Waals surface area contributed by atoms with Crippen LogP contribution >= 0.6 is 15.9 Å². The zero-order valence-electron chi connectivity index (χ0n) is 14.7. The predicted molar refractivity (Wildman–Crippen MR) is 103 cm³/mol. The molecule has 0 bridgehead atoms. The van der Waals surface area contributed by atoms with Crippen molar-refractivity contribution in [3.8, 4) is 11.5 Å². The van der Waals surface area contributed by atoms with E-state index in [-0.39, 0.29) is 12.0 Å². The summed E-state index contributed by atoms with van der Waals surface area (Å²) in [4.78, 5) is 12.2. The lowest BCUT2D eigenvalue weighted by atomic mass is 10.1. The summed E-state index contributed by atoms with van der Waals surface area (Å²) in [5.41, 5.74) is 1.56. The Labute approximate surface area is 161 Å². The van der Waals surface area contributed by atoms with Crippen LogP contribution in [0, 0.1) is 0 Å². The maximum atomic E-state index is 12.2. The van der Waals surface area contributed by atoms with Crippen molar-refractivity contribution in [3.05, 3.63) is 58.1 Å². The highest BCUT2D eigenvalue weighted by atomic mass is 79.9. The lowest BCUT2D eigenvalue weighted by molar-refractivity contribution is 0.0669. The minimum Gasteiger partial charge on any atom is -0.493 e. The van der Waals surface area contributed by atoms with E-state index in [0.29, 0.717) is 30.2 Å². The molecule has 1 N–H and O–H groups in total. The molecule has 0 aromatic heterocycles. The quantitative estimate of drug-likeness (QED) is 0.737. The van der Waals surface area contributed by atoms with Crippen LogP contribution in [0.15, 0.2) is 46.9 Å². The molecular formula is C20H22BrNO4. The Hall–Kier alpha value is -2.05. The van der Waals surface area contributed by atoms with Crippen LogP contribution in [0.2, 0.25) is 0 Å². The summed E-state index contributed by atoms with van der Waals surface area (Å²) in [6, 6.07) is 12.9. The molecule has 0 spiro atoms. The number of halogens is 1. The second-order valence-corrected chi connectivity index (χ2v) is 7.04. The molecule has 1 aliphatic rings. The number of amides is 1. The molecule has 0 saturated carbocycles. The van der Waals surface area contributed by atoms with Gasteiger partial charge in [-0.25, -0.2) is 0 Å². The van der Waals surface area contributed by atoms with E-state index in [0.717, 1.165) is 29.5 Å². The number of benzene rings is 2. The molecule has 0 unspecified atom stereocenters. The molecule has 138 valence electrons. The van der Waals surface area contributed by atoms with Gasteiger partial charge in [0.05, 0.1) is 13.2 Å². The van der Waals surface area contributed by atoms with Gasteiger partial charge in [0.25, 0.3) is 5.91 Å². The summed E-state index contributed by atoms with van der Waals surface area (Å²) in [6.07, 6.45) is 2.27. The van der Waals surface area contributed by atoms with Gasteiger partial charge >= 0.3 is 0 Å². The maximum Gasteiger partial charge on any atom is 0.251 e. The maximum absolute atomic E-state index is 12.2. The summed E-state index contributed by atoms with van der Waals surface area (Å²) < 4.78 is 17.8. The predicted octanol–water partition coefficient (Wildman–Crippen LogP) is 3.95. The standard InChI is InChI=1S/C20H22BrNO4/c1-24-19-11-14(4-9-18(19)26-13-17-3-2-10-25-17)12-22-20(23)15-5-7-16(21)8-6-15/h4-9,11,17H,2-3,10,12-13H2,1H3,(H,22,23)/t17-/m0/s1. The van der Waals surface area contributed by atoms with Crippen molar-refractivity contribution in [2.75, 3.05) is 20.3 Å². The monoisotopic (exact) mass is 419 g/mol. The number of carbonyl (C=O) groups excluding carboxylic acids is 1. The van der Waals surface area contributed by atoms with Gasteiger partial charge in [0.2, 0.25) is 0 Å². The van der Waals surface area contributed by atoms with Crippen molar-refractivity contribution in [2.24, 2.45) is 0 Å². The lowest BCUT2D eigenvalue weighted by Gasteiger charge is -2.15. The van der Waals surface area contributed by atoms with Gasteiger partial charge in [-0.1, -0.05) is 22.0 Å². The molecule has 1 heterocycles. The summed E-state index contributed by atoms with van der Waals surface area (Å²) >= 11 is 3.36. The third-order valence-corrected chi connectivity index (χ3v) is 4.76. The number of methoxy groups -OCH3 is 1. The number of hydrogen-bond donors (Lipinski definition) is 1. The van der Waals surface area contributed by atoms with Crippen molar-refractivity contribution >= 4 is 21.8 Å². The van der Waals surface area contributed by atoms with Crippen molar-refractivity contribution < 1.29 is 19.0 Å².